The third-order valence-corrected chi connectivity index (χ3v) is 4.53. The van der Waals surface area contributed by atoms with E-state index in [0.29, 0.717) is 0 Å². The number of hydrogen-bond acceptors (Lipinski definition) is 6. The Kier molecular flexibility index (Phi) is 4.88. The number of pyridine rings is 1. The largest absolute Gasteiger partial charge is 0.507 e. The fourth-order valence-electron chi connectivity index (χ4n) is 2.30. The summed E-state index contributed by atoms with van der Waals surface area (Å²) in [6.45, 7) is 3.36. The minimum absolute atomic E-state index is 0.0213. The number of sulfone groups is 1. The first-order chi connectivity index (χ1) is 11.2. The highest BCUT2D eigenvalue weighted by molar-refractivity contribution is 7.90. The zero-order chi connectivity index (χ0) is 18.1. The van der Waals surface area contributed by atoms with Crippen LogP contribution in [0.1, 0.15) is 28.4 Å². The normalized spacial score (nSPS) is 11.3. The van der Waals surface area contributed by atoms with E-state index in [0.717, 1.165) is 18.5 Å². The molecule has 1 N–H and O–H groups in total. The maximum atomic E-state index is 13.8. The summed E-state index contributed by atoms with van der Waals surface area (Å²) in [7, 11) is -3.57. The molecule has 0 saturated heterocycles. The van der Waals surface area contributed by atoms with Crippen LogP contribution in [-0.2, 0) is 9.84 Å². The number of ketones is 1. The van der Waals surface area contributed by atoms with Gasteiger partial charge in [0.05, 0.1) is 6.61 Å². The molecular formula is C16H16FNO5S. The van der Waals surface area contributed by atoms with Gasteiger partial charge < -0.3 is 9.84 Å². The summed E-state index contributed by atoms with van der Waals surface area (Å²) < 4.78 is 42.9. The number of carbonyl (C=O) groups excluding carboxylic acids is 1. The van der Waals surface area contributed by atoms with Crippen molar-refractivity contribution in [2.75, 3.05) is 12.9 Å². The molecule has 1 aromatic heterocycles. The zero-order valence-electron chi connectivity index (χ0n) is 13.3. The maximum absolute atomic E-state index is 13.8. The van der Waals surface area contributed by atoms with Gasteiger partial charge in [0.1, 0.15) is 22.0 Å². The molecule has 0 fully saturated rings. The number of aromatic nitrogens is 1. The average Bonchev–Trinajstić information content (AvgIpc) is 2.47. The molecule has 0 bridgehead atoms. The van der Waals surface area contributed by atoms with Crippen LogP contribution in [0.15, 0.2) is 29.3 Å². The lowest BCUT2D eigenvalue weighted by molar-refractivity contribution is 0.103. The van der Waals surface area contributed by atoms with E-state index < -0.39 is 32.9 Å². The smallest absolute Gasteiger partial charge is 0.227 e. The molecule has 0 unspecified atom stereocenters. The molecule has 0 saturated carbocycles. The Morgan fingerprint density at radius 2 is 2.00 bits per heavy atom. The molecule has 0 spiro atoms. The summed E-state index contributed by atoms with van der Waals surface area (Å²) in [4.78, 5) is 15.9. The second-order valence-electron chi connectivity index (χ2n) is 5.10. The van der Waals surface area contributed by atoms with Crippen molar-refractivity contribution in [1.82, 2.24) is 4.98 Å². The first kappa shape index (κ1) is 17.9. The third-order valence-electron chi connectivity index (χ3n) is 3.41. The van der Waals surface area contributed by atoms with E-state index in [1.807, 2.05) is 0 Å². The van der Waals surface area contributed by atoms with Crippen molar-refractivity contribution in [3.63, 3.8) is 0 Å². The van der Waals surface area contributed by atoms with Crippen molar-refractivity contribution >= 4 is 15.6 Å². The molecule has 0 radical (unpaired) electrons. The number of hydrogen-bond donors (Lipinski definition) is 1. The van der Waals surface area contributed by atoms with Gasteiger partial charge in [-0.15, -0.1) is 0 Å². The number of halogens is 1. The van der Waals surface area contributed by atoms with E-state index in [9.17, 15) is 22.7 Å². The molecule has 2 aromatic rings. The van der Waals surface area contributed by atoms with Crippen LogP contribution >= 0.6 is 0 Å². The van der Waals surface area contributed by atoms with E-state index in [-0.39, 0.29) is 28.4 Å². The molecule has 128 valence electrons. The summed E-state index contributed by atoms with van der Waals surface area (Å²) in [6, 6.07) is 3.59. The highest BCUT2D eigenvalue weighted by Crippen LogP contribution is 2.33. The molecule has 0 aliphatic rings. The quantitative estimate of drug-likeness (QED) is 0.655. The topological polar surface area (TPSA) is 93.6 Å². The number of benzene rings is 1. The minimum Gasteiger partial charge on any atom is -0.507 e. The van der Waals surface area contributed by atoms with Crippen molar-refractivity contribution < 1.29 is 27.4 Å². The van der Waals surface area contributed by atoms with Crippen LogP contribution in [0.2, 0.25) is 0 Å². The Morgan fingerprint density at radius 3 is 2.54 bits per heavy atom. The molecule has 1 heterocycles. The lowest BCUT2D eigenvalue weighted by Gasteiger charge is -2.15. The summed E-state index contributed by atoms with van der Waals surface area (Å²) in [5, 5.41) is 9.74. The number of nitrogens with zero attached hydrogens (tertiary/aromatic N) is 1. The predicted octanol–water partition coefficient (Wildman–Crippen LogP) is 2.27. The lowest BCUT2D eigenvalue weighted by atomic mass is 9.98. The van der Waals surface area contributed by atoms with Crippen molar-refractivity contribution in [2.45, 2.75) is 18.7 Å². The molecule has 24 heavy (non-hydrogen) atoms. The van der Waals surface area contributed by atoms with E-state index in [1.54, 1.807) is 6.92 Å². The highest BCUT2D eigenvalue weighted by atomic mass is 32.2. The van der Waals surface area contributed by atoms with Gasteiger partial charge >= 0.3 is 0 Å². The van der Waals surface area contributed by atoms with E-state index in [4.69, 9.17) is 4.74 Å². The average molecular weight is 353 g/mol. The molecule has 1 aromatic carbocycles. The fourth-order valence-corrected chi connectivity index (χ4v) is 3.16. The summed E-state index contributed by atoms with van der Waals surface area (Å²) in [5.74, 6) is -2.42. The summed E-state index contributed by atoms with van der Waals surface area (Å²) in [6.07, 6.45) is 2.06. The Balaban J connectivity index is 2.68. The Bertz CT molecular complexity index is 889. The molecule has 6 nitrogen and oxygen atoms in total. The van der Waals surface area contributed by atoms with Gasteiger partial charge in [-0.3, -0.25) is 4.79 Å². The van der Waals surface area contributed by atoms with E-state index in [1.165, 1.54) is 19.1 Å². The SMILES string of the molecule is CCOc1c(S(C)(=O)=O)ccc(C(=O)c2c(O)ccnc2F)c1C. The third kappa shape index (κ3) is 3.23. The molecule has 0 aliphatic carbocycles. The highest BCUT2D eigenvalue weighted by Gasteiger charge is 2.25. The Morgan fingerprint density at radius 1 is 1.33 bits per heavy atom. The second kappa shape index (κ2) is 6.56. The van der Waals surface area contributed by atoms with Crippen LogP contribution in [0.25, 0.3) is 0 Å². The van der Waals surface area contributed by atoms with Crippen molar-refractivity contribution in [2.24, 2.45) is 0 Å². The molecule has 0 aliphatic heterocycles. The van der Waals surface area contributed by atoms with Gasteiger partial charge in [0.25, 0.3) is 0 Å². The predicted molar refractivity (Wildman–Crippen MR) is 84.8 cm³/mol. The van der Waals surface area contributed by atoms with Crippen molar-refractivity contribution in [3.05, 3.63) is 47.0 Å². The Labute approximate surface area is 138 Å². The van der Waals surface area contributed by atoms with Crippen LogP contribution in [0.3, 0.4) is 0 Å². The summed E-state index contributed by atoms with van der Waals surface area (Å²) in [5.41, 5.74) is -0.310. The lowest BCUT2D eigenvalue weighted by Crippen LogP contribution is -2.11. The van der Waals surface area contributed by atoms with Gasteiger partial charge in [-0.05, 0) is 32.0 Å². The number of aromatic hydroxyl groups is 1. The van der Waals surface area contributed by atoms with Crippen LogP contribution in [0, 0.1) is 12.9 Å². The van der Waals surface area contributed by atoms with Gasteiger partial charge in [0.2, 0.25) is 11.7 Å². The van der Waals surface area contributed by atoms with Crippen LogP contribution in [0.4, 0.5) is 4.39 Å². The van der Waals surface area contributed by atoms with E-state index >= 15 is 0 Å². The fraction of sp³-hybridized carbons (Fsp3) is 0.250. The standard InChI is InChI=1S/C16H16FNO5S/c1-4-23-15-9(2)10(5-6-12(15)24(3,21)22)14(20)13-11(19)7-8-18-16(13)17/h5-8H,4H2,1-3H3,(H,18,19). The second-order valence-corrected chi connectivity index (χ2v) is 7.08. The summed E-state index contributed by atoms with van der Waals surface area (Å²) >= 11 is 0. The van der Waals surface area contributed by atoms with Gasteiger partial charge in [0, 0.05) is 23.6 Å². The van der Waals surface area contributed by atoms with Crippen LogP contribution < -0.4 is 4.74 Å². The van der Waals surface area contributed by atoms with Gasteiger partial charge in [-0.1, -0.05) is 0 Å². The van der Waals surface area contributed by atoms with Gasteiger partial charge in [0.15, 0.2) is 9.84 Å². The maximum Gasteiger partial charge on any atom is 0.227 e. The monoisotopic (exact) mass is 353 g/mol. The number of ether oxygens (including phenoxy) is 1. The van der Waals surface area contributed by atoms with Gasteiger partial charge in [-0.2, -0.15) is 4.39 Å². The number of carbonyl (C=O) groups is 1. The molecular weight excluding hydrogens is 337 g/mol. The van der Waals surface area contributed by atoms with Crippen LogP contribution in [-0.4, -0.2) is 37.2 Å². The Hall–Kier alpha value is -2.48. The molecule has 0 atom stereocenters. The molecule has 0 amide bonds. The van der Waals surface area contributed by atoms with E-state index in [2.05, 4.69) is 4.98 Å². The minimum atomic E-state index is -3.57. The van der Waals surface area contributed by atoms with Crippen molar-refractivity contribution in [1.29, 1.82) is 0 Å². The van der Waals surface area contributed by atoms with Gasteiger partial charge in [-0.25, -0.2) is 13.4 Å². The van der Waals surface area contributed by atoms with Crippen molar-refractivity contribution in [3.8, 4) is 11.5 Å². The molecule has 8 heteroatoms. The zero-order valence-corrected chi connectivity index (χ0v) is 14.1. The number of rotatable bonds is 5. The van der Waals surface area contributed by atoms with Crippen LogP contribution in [0.5, 0.6) is 11.5 Å². The molecule has 2 rings (SSSR count). The first-order valence-electron chi connectivity index (χ1n) is 7.03. The first-order valence-corrected chi connectivity index (χ1v) is 8.92.